The van der Waals surface area contributed by atoms with Crippen molar-refractivity contribution in [3.05, 3.63) is 0 Å². The van der Waals surface area contributed by atoms with Crippen LogP contribution in [-0.2, 0) is 65.4 Å². The molecule has 0 aromatic carbocycles. The summed E-state index contributed by atoms with van der Waals surface area (Å²) in [5.74, 6) is 0.275. The third-order valence-corrected chi connectivity index (χ3v) is 23.1. The Hall–Kier alpha value is -1.94. The van der Waals surface area contributed by atoms with Crippen LogP contribution in [0.4, 0.5) is 0 Å². The van der Waals surface area contributed by atoms with Crippen molar-refractivity contribution < 1.29 is 80.2 Å². The van der Waals surface area contributed by atoms with Gasteiger partial charge in [0, 0.05) is 25.7 Å². The van der Waals surface area contributed by atoms with E-state index in [9.17, 15) is 43.2 Å². The first kappa shape index (κ1) is 106. The standard InChI is InChI=1S/C89H174O17P2/c1-8-10-11-12-13-14-15-16-17-18-19-20-21-22-27-32-37-42-51-58-65-72-88(93)105-84(76-99-86(91)70-63-56-49-41-36-31-26-24-23-25-29-34-39-46-53-60-67-80(3)4)78-103-107(95,96)101-74-83(90)75-102-108(97,98)104-79-85(77-100-87(92)71-64-57-50-45-44-48-55-62-69-82(7)9-2)106-89(94)73-66-59-52-43-38-33-28-30-35-40-47-54-61-68-81(5)6/h80-85,90H,8-79H2,1-7H3,(H,95,96)(H,97,98)/t82?,83-,84-,85-/m1/s1. The molecule has 0 saturated heterocycles. The van der Waals surface area contributed by atoms with E-state index in [0.717, 1.165) is 108 Å². The predicted octanol–water partition coefficient (Wildman–Crippen LogP) is 27.3. The van der Waals surface area contributed by atoms with Crippen LogP contribution in [0.5, 0.6) is 0 Å². The van der Waals surface area contributed by atoms with Gasteiger partial charge in [0.15, 0.2) is 12.2 Å². The molecule has 19 heteroatoms. The number of aliphatic hydroxyl groups is 1. The van der Waals surface area contributed by atoms with E-state index in [1.807, 2.05) is 0 Å². The van der Waals surface area contributed by atoms with Gasteiger partial charge in [0.1, 0.15) is 19.3 Å². The average molecular weight is 1580 g/mol. The molecule has 6 atom stereocenters. The average Bonchev–Trinajstić information content (AvgIpc) is 0.900. The highest BCUT2D eigenvalue weighted by molar-refractivity contribution is 7.47. The number of phosphoric acid groups is 2. The second-order valence-corrected chi connectivity index (χ2v) is 36.1. The van der Waals surface area contributed by atoms with Gasteiger partial charge in [-0.05, 0) is 43.4 Å². The summed E-state index contributed by atoms with van der Waals surface area (Å²) in [4.78, 5) is 73.4. The van der Waals surface area contributed by atoms with Gasteiger partial charge < -0.3 is 33.8 Å². The van der Waals surface area contributed by atoms with E-state index < -0.39 is 97.5 Å². The fraction of sp³-hybridized carbons (Fsp3) is 0.955. The molecule has 0 saturated carbocycles. The monoisotopic (exact) mass is 1580 g/mol. The molecule has 17 nitrogen and oxygen atoms in total. The Labute approximate surface area is 664 Å². The van der Waals surface area contributed by atoms with Crippen molar-refractivity contribution in [1.29, 1.82) is 0 Å². The van der Waals surface area contributed by atoms with E-state index in [-0.39, 0.29) is 25.7 Å². The Morgan fingerprint density at radius 2 is 0.472 bits per heavy atom. The summed E-state index contributed by atoms with van der Waals surface area (Å²) < 4.78 is 69.0. The zero-order valence-corrected chi connectivity index (χ0v) is 73.1. The summed E-state index contributed by atoms with van der Waals surface area (Å²) in [5.41, 5.74) is 0. The van der Waals surface area contributed by atoms with Crippen molar-refractivity contribution in [3.8, 4) is 0 Å². The number of carbonyl (C=O) groups excluding carboxylic acids is 4. The van der Waals surface area contributed by atoms with Crippen LogP contribution in [0.15, 0.2) is 0 Å². The maximum Gasteiger partial charge on any atom is 0.472 e. The first-order valence-electron chi connectivity index (χ1n) is 45.9. The van der Waals surface area contributed by atoms with E-state index in [4.69, 9.17) is 37.0 Å². The normalized spacial score (nSPS) is 14.1. The molecule has 642 valence electrons. The van der Waals surface area contributed by atoms with Gasteiger partial charge in [-0.15, -0.1) is 0 Å². The Balaban J connectivity index is 5.25. The first-order chi connectivity index (χ1) is 52.3. The zero-order chi connectivity index (χ0) is 79.3. The van der Waals surface area contributed by atoms with Crippen molar-refractivity contribution in [2.45, 2.75) is 491 Å². The second kappa shape index (κ2) is 78.9. The highest BCUT2D eigenvalue weighted by atomic mass is 31.2. The van der Waals surface area contributed by atoms with Crippen molar-refractivity contribution in [3.63, 3.8) is 0 Å². The van der Waals surface area contributed by atoms with E-state index in [1.165, 1.54) is 283 Å². The van der Waals surface area contributed by atoms with Crippen molar-refractivity contribution in [1.82, 2.24) is 0 Å². The number of aliphatic hydroxyl groups excluding tert-OH is 1. The first-order valence-corrected chi connectivity index (χ1v) is 48.9. The maximum atomic E-state index is 13.2. The van der Waals surface area contributed by atoms with Crippen LogP contribution in [0.1, 0.15) is 472 Å². The summed E-state index contributed by atoms with van der Waals surface area (Å²) in [7, 11) is -9.93. The smallest absolute Gasteiger partial charge is 0.462 e. The molecule has 0 heterocycles. The van der Waals surface area contributed by atoms with Crippen LogP contribution < -0.4 is 0 Å². The number of carbonyl (C=O) groups is 4. The number of hydrogen-bond donors (Lipinski definition) is 3. The molecular formula is C89H174O17P2. The molecule has 0 aliphatic heterocycles. The van der Waals surface area contributed by atoms with E-state index in [2.05, 4.69) is 48.5 Å². The number of rotatable bonds is 87. The summed E-state index contributed by atoms with van der Waals surface area (Å²) in [6, 6.07) is 0. The quantitative estimate of drug-likeness (QED) is 0.0222. The maximum absolute atomic E-state index is 13.2. The van der Waals surface area contributed by atoms with Gasteiger partial charge in [-0.1, -0.05) is 421 Å². The Morgan fingerprint density at radius 3 is 0.704 bits per heavy atom. The lowest BCUT2D eigenvalue weighted by Gasteiger charge is -2.21. The SMILES string of the molecule is CCCCCCCCCCCCCCCCCCCCCCCC(=O)O[C@H](COC(=O)CCCCCCCCCCCCCCCCCCC(C)C)COP(=O)(O)OC[C@@H](O)COP(=O)(O)OC[C@@H](COC(=O)CCCCCCCCCCC(C)CC)OC(=O)CCCCCCCCCCCCCCCC(C)C. The third kappa shape index (κ3) is 80.7. The van der Waals surface area contributed by atoms with E-state index in [1.54, 1.807) is 0 Å². The summed E-state index contributed by atoms with van der Waals surface area (Å²) in [6.07, 6.45) is 70.8. The summed E-state index contributed by atoms with van der Waals surface area (Å²) in [5, 5.41) is 10.7. The Morgan fingerprint density at radius 1 is 0.269 bits per heavy atom. The lowest BCUT2D eigenvalue weighted by Crippen LogP contribution is -2.30. The minimum absolute atomic E-state index is 0.107. The number of hydrogen-bond acceptors (Lipinski definition) is 15. The molecule has 0 aliphatic carbocycles. The molecule has 0 rings (SSSR count). The van der Waals surface area contributed by atoms with Crippen LogP contribution in [0.3, 0.4) is 0 Å². The molecule has 0 aromatic heterocycles. The number of ether oxygens (including phenoxy) is 4. The predicted molar refractivity (Wildman–Crippen MR) is 446 cm³/mol. The second-order valence-electron chi connectivity index (χ2n) is 33.2. The molecule has 0 spiro atoms. The fourth-order valence-corrected chi connectivity index (χ4v) is 15.4. The molecule has 3 N–H and O–H groups in total. The van der Waals surface area contributed by atoms with Gasteiger partial charge >= 0.3 is 39.5 Å². The number of unbranched alkanes of at least 4 members (excludes halogenated alkanes) is 54. The highest BCUT2D eigenvalue weighted by Crippen LogP contribution is 2.45. The molecule has 0 bridgehead atoms. The molecule has 3 unspecified atom stereocenters. The van der Waals surface area contributed by atoms with Crippen LogP contribution in [0, 0.1) is 17.8 Å². The minimum atomic E-state index is -4.97. The van der Waals surface area contributed by atoms with Gasteiger partial charge in [0.25, 0.3) is 0 Å². The van der Waals surface area contributed by atoms with Gasteiger partial charge in [-0.25, -0.2) is 9.13 Å². The molecule has 0 aliphatic rings. The largest absolute Gasteiger partial charge is 0.472 e. The molecular weight excluding hydrogens is 1400 g/mol. The van der Waals surface area contributed by atoms with Crippen LogP contribution in [0.2, 0.25) is 0 Å². The van der Waals surface area contributed by atoms with Gasteiger partial charge in [0.2, 0.25) is 0 Å². The van der Waals surface area contributed by atoms with Gasteiger partial charge in [0.05, 0.1) is 26.4 Å². The summed E-state index contributed by atoms with van der Waals surface area (Å²) in [6.45, 7) is 12.0. The van der Waals surface area contributed by atoms with Crippen molar-refractivity contribution in [2.75, 3.05) is 39.6 Å². The van der Waals surface area contributed by atoms with Crippen LogP contribution >= 0.6 is 15.6 Å². The number of phosphoric ester groups is 2. The lowest BCUT2D eigenvalue weighted by atomic mass is 9.99. The Bertz CT molecular complexity index is 2080. The molecule has 108 heavy (non-hydrogen) atoms. The van der Waals surface area contributed by atoms with Crippen molar-refractivity contribution in [2.24, 2.45) is 17.8 Å². The number of esters is 4. The minimum Gasteiger partial charge on any atom is -0.462 e. The van der Waals surface area contributed by atoms with E-state index in [0.29, 0.717) is 25.7 Å². The molecule has 0 aromatic rings. The summed E-state index contributed by atoms with van der Waals surface area (Å²) >= 11 is 0. The van der Waals surface area contributed by atoms with Gasteiger partial charge in [-0.2, -0.15) is 0 Å². The van der Waals surface area contributed by atoms with E-state index >= 15 is 0 Å². The third-order valence-electron chi connectivity index (χ3n) is 21.2. The van der Waals surface area contributed by atoms with Crippen molar-refractivity contribution >= 4 is 39.5 Å². The molecule has 0 radical (unpaired) electrons. The fourth-order valence-electron chi connectivity index (χ4n) is 13.9. The highest BCUT2D eigenvalue weighted by Gasteiger charge is 2.31. The molecule has 0 fully saturated rings. The van der Waals surface area contributed by atoms with Crippen LogP contribution in [-0.4, -0.2) is 96.7 Å². The topological polar surface area (TPSA) is 237 Å². The van der Waals surface area contributed by atoms with Gasteiger partial charge in [-0.3, -0.25) is 37.3 Å². The Kier molecular flexibility index (Phi) is 77.5. The lowest BCUT2D eigenvalue weighted by molar-refractivity contribution is -0.161. The zero-order valence-electron chi connectivity index (χ0n) is 71.3. The molecule has 0 amide bonds. The van der Waals surface area contributed by atoms with Crippen LogP contribution in [0.25, 0.3) is 0 Å².